The Morgan fingerprint density at radius 2 is 0.491 bits per heavy atom. The second-order valence-corrected chi connectivity index (χ2v) is 28.6. The summed E-state index contributed by atoms with van der Waals surface area (Å²) in [6.45, 7) is -0.291. The minimum atomic E-state index is -0.291. The van der Waals surface area contributed by atoms with Gasteiger partial charge in [-0.05, 0) is 146 Å². The third-order valence-electron chi connectivity index (χ3n) is 22.8. The molecule has 20 aromatic rings. The van der Waals surface area contributed by atoms with Crippen LogP contribution in [-0.2, 0) is 0 Å². The molecule has 17 aromatic carbocycles. The summed E-state index contributed by atoms with van der Waals surface area (Å²) in [4.78, 5) is 5.40. The van der Waals surface area contributed by atoms with Crippen molar-refractivity contribution in [3.63, 3.8) is 0 Å². The average molecular weight is 1370 g/mol. The van der Waals surface area contributed by atoms with Gasteiger partial charge in [-0.25, -0.2) is 0 Å². The van der Waals surface area contributed by atoms with E-state index in [1.54, 1.807) is 0 Å². The van der Waals surface area contributed by atoms with Gasteiger partial charge in [0.1, 0.15) is 0 Å². The number of hydrogen-bond acceptors (Lipinski definition) is 2. The molecule has 0 fully saturated rings. The number of aromatic nitrogens is 3. The molecule has 3 aromatic heterocycles. The molecule has 5 nitrogen and oxygen atoms in total. The van der Waals surface area contributed by atoms with Crippen molar-refractivity contribution >= 4 is 123 Å². The van der Waals surface area contributed by atoms with Gasteiger partial charge in [-0.15, -0.1) is 0 Å². The van der Waals surface area contributed by atoms with Crippen molar-refractivity contribution in [1.29, 1.82) is 0 Å². The van der Waals surface area contributed by atoms with Crippen LogP contribution < -0.4 is 26.2 Å². The normalized spacial score (nSPS) is 12.4. The summed E-state index contributed by atoms with van der Waals surface area (Å²) in [6.07, 6.45) is 0. The fraction of sp³-hybridized carbons (Fsp3) is 0. The van der Waals surface area contributed by atoms with Crippen LogP contribution in [0.5, 0.6) is 0 Å². The van der Waals surface area contributed by atoms with Gasteiger partial charge in [0.15, 0.2) is 0 Å². The van der Waals surface area contributed by atoms with Crippen molar-refractivity contribution in [1.82, 2.24) is 13.7 Å². The highest BCUT2D eigenvalue weighted by atomic mass is 15.2. The molecule has 502 valence electrons. The molecule has 2 aliphatic heterocycles. The van der Waals surface area contributed by atoms with Crippen LogP contribution in [0, 0.1) is 0 Å². The molecule has 0 atom stereocenters. The van der Waals surface area contributed by atoms with Crippen molar-refractivity contribution < 1.29 is 0 Å². The number of para-hydroxylation sites is 8. The summed E-state index contributed by atoms with van der Waals surface area (Å²) in [5.41, 5.74) is 33.8. The fourth-order valence-electron chi connectivity index (χ4n) is 18.2. The molecule has 108 heavy (non-hydrogen) atoms. The Kier molecular flexibility index (Phi) is 14.0. The van der Waals surface area contributed by atoms with Gasteiger partial charge in [-0.3, -0.25) is 0 Å². The molecule has 0 saturated heterocycles. The zero-order chi connectivity index (χ0) is 70.9. The fourth-order valence-corrected chi connectivity index (χ4v) is 18.2. The minimum Gasteiger partial charge on any atom is -0.310 e. The molecule has 0 amide bonds. The number of rotatable bonds is 11. The van der Waals surface area contributed by atoms with Crippen molar-refractivity contribution in [2.45, 2.75) is 0 Å². The molecule has 22 rings (SSSR count). The lowest BCUT2D eigenvalue weighted by molar-refractivity contribution is 1.17. The number of fused-ring (bicyclic) bond motifs is 13. The summed E-state index contributed by atoms with van der Waals surface area (Å²) >= 11 is 0. The van der Waals surface area contributed by atoms with Crippen LogP contribution in [-0.4, -0.2) is 20.4 Å². The minimum absolute atomic E-state index is 0.291. The monoisotopic (exact) mass is 1370 g/mol. The summed E-state index contributed by atoms with van der Waals surface area (Å²) in [6, 6.07) is 150. The molecular weight excluding hydrogens is 1310 g/mol. The third-order valence-corrected chi connectivity index (χ3v) is 22.8. The topological polar surface area (TPSA) is 21.3 Å². The Morgan fingerprint density at radius 1 is 0.185 bits per heavy atom. The maximum Gasteiger partial charge on any atom is 0.252 e. The standard InChI is InChI=1S/C102H66BN5/c1-7-31-67(32-8-1)77-48-29-49-78(68-33-9-2-10-34-68)100(77)107-95-65-75(104-90-52-24-19-43-81(90)82-44-20-25-53-91(82)104)57-59-88(95)103-89-60-58-76(105-92-54-26-21-45-83(92)84-46-22-27-55-93(84)105)66-96(89)108(101-79(69-35-11-3-12-36-69)50-30-51-80(101)70-37-13-4-14-38-70)98-64-73(63-97(107)99(98)103)72-61-86(71-39-15-5-16-40-71)102-87(62-72)85-47-23-28-56-94(85)106(102)74-41-17-6-18-42-74/h1-66H. The first kappa shape index (κ1) is 61.3. The van der Waals surface area contributed by atoms with E-state index >= 15 is 0 Å². The first-order chi connectivity index (χ1) is 53.6. The maximum atomic E-state index is 2.70. The highest BCUT2D eigenvalue weighted by Gasteiger charge is 2.46. The molecule has 0 bridgehead atoms. The van der Waals surface area contributed by atoms with E-state index in [9.17, 15) is 0 Å². The van der Waals surface area contributed by atoms with E-state index < -0.39 is 0 Å². The van der Waals surface area contributed by atoms with Crippen molar-refractivity contribution in [2.24, 2.45) is 0 Å². The lowest BCUT2D eigenvalue weighted by Gasteiger charge is -2.46. The Hall–Kier alpha value is -14.2. The smallest absolute Gasteiger partial charge is 0.252 e. The maximum absolute atomic E-state index is 2.70. The third kappa shape index (κ3) is 9.46. The Morgan fingerprint density at radius 3 is 0.861 bits per heavy atom. The molecule has 0 saturated carbocycles. The van der Waals surface area contributed by atoms with Crippen LogP contribution in [0.3, 0.4) is 0 Å². The molecule has 0 radical (unpaired) electrons. The molecular formula is C102H66BN5. The quantitative estimate of drug-likeness (QED) is 0.120. The SMILES string of the molecule is c1ccc(-c2cccc(-c3ccccc3)c2N2c3cc(-n4c5ccccc5c5ccccc54)ccc3B3c4ccc(-n5c6ccccc6c6ccccc65)cc4N(c4c(-c5ccccc5)cccc4-c4ccccc4)c4cc(-c5cc(-c6ccccc6)c6c(c5)c5ccccc5n6-c5ccccc5)cc2c43)cc1. The predicted molar refractivity (Wildman–Crippen MR) is 456 cm³/mol. The van der Waals surface area contributed by atoms with Gasteiger partial charge >= 0.3 is 0 Å². The van der Waals surface area contributed by atoms with Gasteiger partial charge in [0.05, 0.1) is 44.5 Å². The van der Waals surface area contributed by atoms with Crippen molar-refractivity contribution in [3.8, 4) is 83.8 Å². The highest BCUT2D eigenvalue weighted by Crippen LogP contribution is 2.55. The summed E-state index contributed by atoms with van der Waals surface area (Å²) < 4.78 is 7.47. The largest absolute Gasteiger partial charge is 0.310 e. The lowest BCUT2D eigenvalue weighted by Crippen LogP contribution is -2.61. The summed E-state index contributed by atoms with van der Waals surface area (Å²) in [7, 11) is 0. The van der Waals surface area contributed by atoms with E-state index in [2.05, 4.69) is 424 Å². The molecule has 0 aliphatic carbocycles. The van der Waals surface area contributed by atoms with E-state index in [1.807, 2.05) is 0 Å². The molecule has 6 heteroatoms. The van der Waals surface area contributed by atoms with Gasteiger partial charge in [0.2, 0.25) is 0 Å². The molecule has 5 heterocycles. The van der Waals surface area contributed by atoms with Crippen molar-refractivity contribution in [2.75, 3.05) is 9.80 Å². The molecule has 0 N–H and O–H groups in total. The number of anilines is 6. The lowest BCUT2D eigenvalue weighted by atomic mass is 9.33. The zero-order valence-corrected chi connectivity index (χ0v) is 58.9. The first-order valence-corrected chi connectivity index (χ1v) is 37.3. The first-order valence-electron chi connectivity index (χ1n) is 37.3. The van der Waals surface area contributed by atoms with Gasteiger partial charge in [0, 0.05) is 99.9 Å². The van der Waals surface area contributed by atoms with Crippen LogP contribution in [0.4, 0.5) is 34.1 Å². The second kappa shape index (κ2) is 24.7. The number of benzene rings is 17. The Balaban J connectivity index is 0.939. The van der Waals surface area contributed by atoms with Crippen molar-refractivity contribution in [3.05, 3.63) is 400 Å². The van der Waals surface area contributed by atoms with Crippen LogP contribution in [0.1, 0.15) is 0 Å². The van der Waals surface area contributed by atoms with E-state index in [0.717, 1.165) is 151 Å². The number of hydrogen-bond donors (Lipinski definition) is 0. The van der Waals surface area contributed by atoms with E-state index in [-0.39, 0.29) is 6.71 Å². The van der Waals surface area contributed by atoms with E-state index in [0.29, 0.717) is 0 Å². The Labute approximate surface area is 626 Å². The van der Waals surface area contributed by atoms with Crippen LogP contribution >= 0.6 is 0 Å². The Bertz CT molecular complexity index is 6440. The molecule has 0 spiro atoms. The van der Waals surface area contributed by atoms with Gasteiger partial charge in [-0.1, -0.05) is 309 Å². The van der Waals surface area contributed by atoms with E-state index in [1.165, 1.54) is 48.7 Å². The van der Waals surface area contributed by atoms with Gasteiger partial charge in [0.25, 0.3) is 6.71 Å². The number of nitrogens with zero attached hydrogens (tertiary/aromatic N) is 5. The van der Waals surface area contributed by atoms with Crippen LogP contribution in [0.15, 0.2) is 400 Å². The van der Waals surface area contributed by atoms with Gasteiger partial charge < -0.3 is 23.5 Å². The highest BCUT2D eigenvalue weighted by molar-refractivity contribution is 7.00. The summed E-state index contributed by atoms with van der Waals surface area (Å²) in [5, 5.41) is 7.22. The zero-order valence-electron chi connectivity index (χ0n) is 58.9. The van der Waals surface area contributed by atoms with E-state index in [4.69, 9.17) is 0 Å². The predicted octanol–water partition coefficient (Wildman–Crippen LogP) is 25.1. The second-order valence-electron chi connectivity index (χ2n) is 28.6. The average Bonchev–Trinajstić information content (AvgIpc) is 0.998. The van der Waals surface area contributed by atoms with Crippen LogP contribution in [0.25, 0.3) is 149 Å². The molecule has 0 unspecified atom stereocenters. The summed E-state index contributed by atoms with van der Waals surface area (Å²) in [5.74, 6) is 0. The molecule has 2 aliphatic rings. The van der Waals surface area contributed by atoms with Gasteiger partial charge in [-0.2, -0.15) is 0 Å². The van der Waals surface area contributed by atoms with Crippen LogP contribution in [0.2, 0.25) is 0 Å².